The van der Waals surface area contributed by atoms with E-state index in [0.29, 0.717) is 19.3 Å². The van der Waals surface area contributed by atoms with E-state index in [1.807, 2.05) is 0 Å². The average molecular weight is 266 g/mol. The van der Waals surface area contributed by atoms with Gasteiger partial charge >= 0.3 is 7.69 Å². The highest BCUT2D eigenvalue weighted by Gasteiger charge is 2.36. The first-order valence-corrected chi connectivity index (χ1v) is 7.60. The van der Waals surface area contributed by atoms with Crippen LogP contribution in [-0.4, -0.2) is 21.5 Å². The smallest absolute Gasteiger partial charge is 0.407 e. The van der Waals surface area contributed by atoms with Crippen LogP contribution in [-0.2, 0) is 9.14 Å². The summed E-state index contributed by atoms with van der Waals surface area (Å²) < 4.78 is 12.0. The Morgan fingerprint density at radius 2 is 0.947 bits per heavy atom. The van der Waals surface area contributed by atoms with Crippen molar-refractivity contribution < 1.29 is 9.14 Å². The Hall–Kier alpha value is 0.115. The Morgan fingerprint density at radius 3 is 1.11 bits per heavy atom. The zero-order chi connectivity index (χ0) is 15.4. The SMILES string of the molecule is CC(C)B(OBOB(C(C)C)C(C)(C)C)C(C)(C)C. The maximum atomic E-state index is 6.02. The second kappa shape index (κ2) is 7.22. The summed E-state index contributed by atoms with van der Waals surface area (Å²) in [6.45, 7) is 22.6. The third-order valence-electron chi connectivity index (χ3n) is 3.41. The molecule has 0 bridgehead atoms. The van der Waals surface area contributed by atoms with E-state index in [4.69, 9.17) is 9.14 Å². The van der Waals surface area contributed by atoms with Gasteiger partial charge in [0.25, 0.3) is 13.8 Å². The summed E-state index contributed by atoms with van der Waals surface area (Å²) in [6.07, 6.45) is 0. The van der Waals surface area contributed by atoms with Crippen LogP contribution in [0.3, 0.4) is 0 Å². The zero-order valence-electron chi connectivity index (χ0n) is 14.8. The molecule has 0 aliphatic heterocycles. The molecule has 0 aromatic heterocycles. The van der Waals surface area contributed by atoms with Crippen molar-refractivity contribution in [3.8, 4) is 0 Å². The number of hydrogen-bond donors (Lipinski definition) is 0. The number of hydrogen-bond acceptors (Lipinski definition) is 2. The fourth-order valence-corrected chi connectivity index (χ4v) is 3.07. The molecule has 0 atom stereocenters. The van der Waals surface area contributed by atoms with Crippen molar-refractivity contribution in [2.45, 2.75) is 91.5 Å². The zero-order valence-corrected chi connectivity index (χ0v) is 14.8. The van der Waals surface area contributed by atoms with Gasteiger partial charge in [0.15, 0.2) is 0 Å². The molecule has 0 radical (unpaired) electrons. The summed E-state index contributed by atoms with van der Waals surface area (Å²) in [7, 11) is 0.389. The van der Waals surface area contributed by atoms with Crippen molar-refractivity contribution >= 4 is 21.5 Å². The minimum atomic E-state index is 0.145. The van der Waals surface area contributed by atoms with E-state index in [-0.39, 0.29) is 24.5 Å². The molecule has 2 nitrogen and oxygen atoms in total. The molecule has 0 heterocycles. The predicted octanol–water partition coefficient (Wildman–Crippen LogP) is 4.69. The van der Waals surface area contributed by atoms with E-state index in [0.717, 1.165) is 0 Å². The third-order valence-corrected chi connectivity index (χ3v) is 3.41. The highest BCUT2D eigenvalue weighted by molar-refractivity contribution is 6.66. The molecule has 0 spiro atoms. The Balaban J connectivity index is 4.47. The Labute approximate surface area is 122 Å². The van der Waals surface area contributed by atoms with Gasteiger partial charge in [0.05, 0.1) is 0 Å². The molecule has 0 unspecified atom stereocenters. The van der Waals surface area contributed by atoms with Crippen LogP contribution < -0.4 is 0 Å². The lowest BCUT2D eigenvalue weighted by Gasteiger charge is -2.33. The van der Waals surface area contributed by atoms with E-state index >= 15 is 0 Å². The normalized spacial score (nSPS) is 13.1. The van der Waals surface area contributed by atoms with Gasteiger partial charge in [-0.05, 0) is 22.3 Å². The molecule has 0 rings (SSSR count). The summed E-state index contributed by atoms with van der Waals surface area (Å²) >= 11 is 0. The standard InChI is InChI=1S/C14H33B3O2/c1-11(2)16(13(5,6)7)18-15-19-17(12(3)4)14(8,9)10/h11-12,15H,1-10H3. The lowest BCUT2D eigenvalue weighted by molar-refractivity contribution is 0.416. The molecule has 110 valence electrons. The first-order valence-electron chi connectivity index (χ1n) is 7.60. The molecule has 0 aliphatic rings. The van der Waals surface area contributed by atoms with Gasteiger partial charge in [0.1, 0.15) is 0 Å². The summed E-state index contributed by atoms with van der Waals surface area (Å²) in [5.74, 6) is 0.992. The topological polar surface area (TPSA) is 18.5 Å². The van der Waals surface area contributed by atoms with Gasteiger partial charge in [-0.15, -0.1) is 0 Å². The lowest BCUT2D eigenvalue weighted by Crippen LogP contribution is -2.39. The molecule has 0 amide bonds. The molecule has 0 aliphatic carbocycles. The van der Waals surface area contributed by atoms with E-state index in [1.54, 1.807) is 0 Å². The molecule has 0 aromatic rings. The van der Waals surface area contributed by atoms with Crippen molar-refractivity contribution in [3.05, 3.63) is 0 Å². The van der Waals surface area contributed by atoms with Gasteiger partial charge in [0.2, 0.25) is 0 Å². The van der Waals surface area contributed by atoms with Gasteiger partial charge in [-0.2, -0.15) is 0 Å². The molecule has 0 N–H and O–H groups in total. The van der Waals surface area contributed by atoms with Crippen molar-refractivity contribution in [3.63, 3.8) is 0 Å². The highest BCUT2D eigenvalue weighted by Crippen LogP contribution is 2.36. The third kappa shape index (κ3) is 6.90. The highest BCUT2D eigenvalue weighted by atomic mass is 16.5. The summed E-state index contributed by atoms with van der Waals surface area (Å²) in [5.41, 5.74) is 0. The van der Waals surface area contributed by atoms with Crippen molar-refractivity contribution in [2.24, 2.45) is 0 Å². The Morgan fingerprint density at radius 1 is 0.684 bits per heavy atom. The van der Waals surface area contributed by atoms with Crippen LogP contribution in [0.1, 0.15) is 69.2 Å². The van der Waals surface area contributed by atoms with E-state index in [1.165, 1.54) is 0 Å². The van der Waals surface area contributed by atoms with Crippen molar-refractivity contribution in [1.29, 1.82) is 0 Å². The Bertz CT molecular complexity index is 228. The minimum Gasteiger partial charge on any atom is -0.478 e. The summed E-state index contributed by atoms with van der Waals surface area (Å²) in [6, 6.07) is 0. The van der Waals surface area contributed by atoms with Crippen LogP contribution in [0.5, 0.6) is 0 Å². The summed E-state index contributed by atoms with van der Waals surface area (Å²) in [5, 5.41) is 0.291. The van der Waals surface area contributed by atoms with E-state index in [2.05, 4.69) is 69.2 Å². The fraction of sp³-hybridized carbons (Fsp3) is 1.00. The van der Waals surface area contributed by atoms with Gasteiger partial charge in [-0.3, -0.25) is 0 Å². The molecule has 5 heteroatoms. The van der Waals surface area contributed by atoms with Crippen LogP contribution in [0.25, 0.3) is 0 Å². The lowest BCUT2D eigenvalue weighted by atomic mass is 9.40. The van der Waals surface area contributed by atoms with Gasteiger partial charge in [-0.1, -0.05) is 69.2 Å². The average Bonchev–Trinajstić information content (AvgIpc) is 2.11. The number of rotatable bonds is 6. The molecule has 19 heavy (non-hydrogen) atoms. The second-order valence-electron chi connectivity index (χ2n) is 8.51. The maximum absolute atomic E-state index is 6.02. The predicted molar refractivity (Wildman–Crippen MR) is 90.5 cm³/mol. The molecular weight excluding hydrogens is 233 g/mol. The second-order valence-corrected chi connectivity index (χ2v) is 8.51. The van der Waals surface area contributed by atoms with Crippen LogP contribution in [0.2, 0.25) is 22.3 Å². The van der Waals surface area contributed by atoms with Crippen LogP contribution in [0, 0.1) is 0 Å². The van der Waals surface area contributed by atoms with Crippen molar-refractivity contribution in [2.75, 3.05) is 0 Å². The molecule has 0 saturated carbocycles. The van der Waals surface area contributed by atoms with Gasteiger partial charge in [-0.25, -0.2) is 0 Å². The quantitative estimate of drug-likeness (QED) is 0.649. The maximum Gasteiger partial charge on any atom is 0.407 e. The van der Waals surface area contributed by atoms with Gasteiger partial charge < -0.3 is 9.14 Å². The van der Waals surface area contributed by atoms with Gasteiger partial charge in [0, 0.05) is 0 Å². The fourth-order valence-electron chi connectivity index (χ4n) is 3.07. The molecule has 0 fully saturated rings. The molecule has 0 aromatic carbocycles. The largest absolute Gasteiger partial charge is 0.478 e. The van der Waals surface area contributed by atoms with Crippen LogP contribution in [0.4, 0.5) is 0 Å². The van der Waals surface area contributed by atoms with E-state index < -0.39 is 0 Å². The Kier molecular flexibility index (Phi) is 7.26. The van der Waals surface area contributed by atoms with Crippen LogP contribution in [0.15, 0.2) is 0 Å². The first-order chi connectivity index (χ1) is 8.37. The molecule has 0 saturated heterocycles. The summed E-state index contributed by atoms with van der Waals surface area (Å²) in [4.78, 5) is 0. The van der Waals surface area contributed by atoms with Crippen LogP contribution >= 0.6 is 0 Å². The monoisotopic (exact) mass is 266 g/mol. The molecular formula is C14H33B3O2. The van der Waals surface area contributed by atoms with E-state index in [9.17, 15) is 0 Å². The van der Waals surface area contributed by atoms with Crippen molar-refractivity contribution in [1.82, 2.24) is 0 Å². The minimum absolute atomic E-state index is 0.145. The first kappa shape index (κ1) is 19.1.